The molecule has 1 atom stereocenters. The monoisotopic (exact) mass is 390 g/mol. The SMILES string of the molecule is COc1ccc2cn(C[C@@]3(C#Cc4cncc(C)c4)NC(=O)NC3=O)c(O)c2c1. The third-order valence-electron chi connectivity index (χ3n) is 4.71. The highest BCUT2D eigenvalue weighted by Gasteiger charge is 2.46. The van der Waals surface area contributed by atoms with Crippen LogP contribution in [-0.4, -0.2) is 39.2 Å². The molecule has 2 aromatic heterocycles. The summed E-state index contributed by atoms with van der Waals surface area (Å²) in [5, 5.41) is 16.8. The van der Waals surface area contributed by atoms with Gasteiger partial charge in [0.15, 0.2) is 5.88 Å². The molecule has 0 unspecified atom stereocenters. The van der Waals surface area contributed by atoms with Crippen LogP contribution >= 0.6 is 0 Å². The summed E-state index contributed by atoms with van der Waals surface area (Å²) in [6, 6.07) is 6.47. The number of urea groups is 1. The Kier molecular flexibility index (Phi) is 4.35. The van der Waals surface area contributed by atoms with E-state index in [0.717, 1.165) is 10.9 Å². The molecule has 8 nitrogen and oxygen atoms in total. The number of nitrogens with one attached hydrogen (secondary N) is 2. The fourth-order valence-electron chi connectivity index (χ4n) is 3.26. The molecule has 0 spiro atoms. The van der Waals surface area contributed by atoms with E-state index in [-0.39, 0.29) is 12.4 Å². The molecule has 0 aliphatic carbocycles. The number of rotatable bonds is 3. The number of hydrogen-bond donors (Lipinski definition) is 3. The lowest BCUT2D eigenvalue weighted by atomic mass is 10.00. The summed E-state index contributed by atoms with van der Waals surface area (Å²) < 4.78 is 6.68. The summed E-state index contributed by atoms with van der Waals surface area (Å²) in [5.74, 6) is 5.75. The number of benzene rings is 1. The number of hydrogen-bond acceptors (Lipinski definition) is 5. The fourth-order valence-corrected chi connectivity index (χ4v) is 3.26. The van der Waals surface area contributed by atoms with Gasteiger partial charge in [0.25, 0.3) is 5.91 Å². The third-order valence-corrected chi connectivity index (χ3v) is 4.71. The second-order valence-electron chi connectivity index (χ2n) is 6.85. The van der Waals surface area contributed by atoms with Crippen LogP contribution in [0, 0.1) is 18.8 Å². The number of carbonyl (C=O) groups is 2. The number of nitrogens with zero attached hydrogens (tertiary/aromatic N) is 2. The summed E-state index contributed by atoms with van der Waals surface area (Å²) >= 11 is 0. The Hall–Kier alpha value is -3.99. The van der Waals surface area contributed by atoms with Gasteiger partial charge < -0.3 is 19.7 Å². The summed E-state index contributed by atoms with van der Waals surface area (Å²) in [4.78, 5) is 28.5. The van der Waals surface area contributed by atoms with Gasteiger partial charge in [-0.05, 0) is 36.8 Å². The van der Waals surface area contributed by atoms with E-state index in [4.69, 9.17) is 4.74 Å². The van der Waals surface area contributed by atoms with E-state index in [1.165, 1.54) is 4.57 Å². The standard InChI is InChI=1S/C21H18N4O4/c1-13-7-14(10-22-9-13)5-6-21(19(27)23-20(28)24-21)12-25-11-15-3-4-16(29-2)8-17(15)18(25)26/h3-4,7-11,26H,12H2,1-2H3,(H2,23,24,27,28)/t21-/m1/s1. The Morgan fingerprint density at radius 1 is 1.28 bits per heavy atom. The van der Waals surface area contributed by atoms with Crippen LogP contribution in [0.5, 0.6) is 11.6 Å². The normalized spacial score (nSPS) is 18.1. The molecule has 8 heteroatoms. The van der Waals surface area contributed by atoms with Gasteiger partial charge in [-0.25, -0.2) is 4.79 Å². The molecule has 3 heterocycles. The van der Waals surface area contributed by atoms with E-state index in [9.17, 15) is 14.7 Å². The van der Waals surface area contributed by atoms with Crippen molar-refractivity contribution in [2.24, 2.45) is 0 Å². The maximum atomic E-state index is 12.6. The Bertz CT molecular complexity index is 1200. The average molecular weight is 390 g/mol. The molecule has 1 saturated heterocycles. The number of imide groups is 1. The van der Waals surface area contributed by atoms with Crippen molar-refractivity contribution in [1.29, 1.82) is 0 Å². The molecule has 146 valence electrons. The number of amides is 3. The smallest absolute Gasteiger partial charge is 0.323 e. The van der Waals surface area contributed by atoms with Crippen LogP contribution in [0.25, 0.3) is 10.8 Å². The predicted molar refractivity (Wildman–Crippen MR) is 105 cm³/mol. The minimum Gasteiger partial charge on any atom is -0.497 e. The average Bonchev–Trinajstić information content (AvgIpc) is 3.15. The largest absolute Gasteiger partial charge is 0.497 e. The number of aromatic nitrogens is 2. The van der Waals surface area contributed by atoms with E-state index in [1.807, 2.05) is 13.0 Å². The first-order valence-corrected chi connectivity index (χ1v) is 8.84. The number of pyridine rings is 1. The van der Waals surface area contributed by atoms with Gasteiger partial charge in [-0.1, -0.05) is 11.8 Å². The Morgan fingerprint density at radius 2 is 2.10 bits per heavy atom. The lowest BCUT2D eigenvalue weighted by molar-refractivity contribution is -0.122. The van der Waals surface area contributed by atoms with E-state index in [0.29, 0.717) is 16.7 Å². The fraction of sp³-hybridized carbons (Fsp3) is 0.190. The molecule has 0 radical (unpaired) electrons. The number of carbonyl (C=O) groups excluding carboxylic acids is 2. The Balaban J connectivity index is 1.76. The molecular formula is C21H18N4O4. The van der Waals surface area contributed by atoms with Gasteiger partial charge in [0.2, 0.25) is 5.54 Å². The van der Waals surface area contributed by atoms with Crippen LogP contribution in [0.4, 0.5) is 4.79 Å². The number of ether oxygens (including phenoxy) is 1. The number of aromatic hydroxyl groups is 1. The van der Waals surface area contributed by atoms with Crippen molar-refractivity contribution < 1.29 is 19.4 Å². The van der Waals surface area contributed by atoms with Gasteiger partial charge in [-0.2, -0.15) is 0 Å². The van der Waals surface area contributed by atoms with Gasteiger partial charge in [0.1, 0.15) is 5.75 Å². The molecule has 3 aromatic rings. The summed E-state index contributed by atoms with van der Waals surface area (Å²) in [7, 11) is 1.54. The number of fused-ring (bicyclic) bond motifs is 1. The Morgan fingerprint density at radius 3 is 2.79 bits per heavy atom. The summed E-state index contributed by atoms with van der Waals surface area (Å²) in [6.07, 6.45) is 4.97. The molecule has 1 fully saturated rings. The van der Waals surface area contributed by atoms with Crippen molar-refractivity contribution >= 4 is 22.7 Å². The van der Waals surface area contributed by atoms with Gasteiger partial charge in [-0.3, -0.25) is 15.1 Å². The quantitative estimate of drug-likeness (QED) is 0.466. The molecule has 0 bridgehead atoms. The van der Waals surface area contributed by atoms with Crippen LogP contribution in [0.2, 0.25) is 0 Å². The second-order valence-corrected chi connectivity index (χ2v) is 6.85. The predicted octanol–water partition coefficient (Wildman–Crippen LogP) is 1.69. The van der Waals surface area contributed by atoms with Crippen molar-refractivity contribution in [3.8, 4) is 23.5 Å². The van der Waals surface area contributed by atoms with Crippen LogP contribution in [0.3, 0.4) is 0 Å². The number of methoxy groups -OCH3 is 1. The highest BCUT2D eigenvalue weighted by atomic mass is 16.5. The van der Waals surface area contributed by atoms with Crippen molar-refractivity contribution in [2.45, 2.75) is 19.0 Å². The maximum absolute atomic E-state index is 12.6. The topological polar surface area (TPSA) is 105 Å². The molecule has 3 amide bonds. The van der Waals surface area contributed by atoms with Crippen molar-refractivity contribution in [2.75, 3.05) is 7.11 Å². The molecule has 3 N–H and O–H groups in total. The first kappa shape index (κ1) is 18.4. The Labute approximate surface area is 166 Å². The molecule has 1 aromatic carbocycles. The van der Waals surface area contributed by atoms with E-state index in [2.05, 4.69) is 27.5 Å². The summed E-state index contributed by atoms with van der Waals surface area (Å²) in [5.41, 5.74) is 0.0104. The molecule has 1 aliphatic rings. The van der Waals surface area contributed by atoms with E-state index >= 15 is 0 Å². The zero-order chi connectivity index (χ0) is 20.6. The third kappa shape index (κ3) is 3.34. The molecule has 1 aliphatic heterocycles. The van der Waals surface area contributed by atoms with Gasteiger partial charge >= 0.3 is 6.03 Å². The summed E-state index contributed by atoms with van der Waals surface area (Å²) in [6.45, 7) is 1.81. The minimum absolute atomic E-state index is 0.0498. The van der Waals surface area contributed by atoms with Crippen molar-refractivity contribution in [1.82, 2.24) is 20.2 Å². The first-order valence-electron chi connectivity index (χ1n) is 8.84. The van der Waals surface area contributed by atoms with Crippen LogP contribution in [-0.2, 0) is 11.3 Å². The highest BCUT2D eigenvalue weighted by molar-refractivity contribution is 6.09. The molecule has 0 saturated carbocycles. The molecule has 29 heavy (non-hydrogen) atoms. The number of aryl methyl sites for hydroxylation is 1. The molecule has 4 rings (SSSR count). The first-order chi connectivity index (χ1) is 13.9. The second kappa shape index (κ2) is 6.87. The molecular weight excluding hydrogens is 372 g/mol. The highest BCUT2D eigenvalue weighted by Crippen LogP contribution is 2.31. The zero-order valence-corrected chi connectivity index (χ0v) is 15.8. The van der Waals surface area contributed by atoms with Crippen LogP contribution in [0.15, 0.2) is 42.9 Å². The van der Waals surface area contributed by atoms with E-state index < -0.39 is 17.5 Å². The van der Waals surface area contributed by atoms with Crippen LogP contribution in [0.1, 0.15) is 11.1 Å². The lowest BCUT2D eigenvalue weighted by Gasteiger charge is -2.20. The van der Waals surface area contributed by atoms with Gasteiger partial charge in [0, 0.05) is 34.9 Å². The maximum Gasteiger partial charge on any atom is 0.323 e. The van der Waals surface area contributed by atoms with Crippen LogP contribution < -0.4 is 15.4 Å². The van der Waals surface area contributed by atoms with Crippen molar-refractivity contribution in [3.05, 3.63) is 54.0 Å². The van der Waals surface area contributed by atoms with E-state index in [1.54, 1.807) is 43.9 Å². The minimum atomic E-state index is -1.53. The van der Waals surface area contributed by atoms with Crippen molar-refractivity contribution in [3.63, 3.8) is 0 Å². The van der Waals surface area contributed by atoms with Gasteiger partial charge in [-0.15, -0.1) is 0 Å². The zero-order valence-electron chi connectivity index (χ0n) is 15.8. The lowest BCUT2D eigenvalue weighted by Crippen LogP contribution is -2.49. The van der Waals surface area contributed by atoms with Gasteiger partial charge in [0.05, 0.1) is 13.7 Å².